The number of ether oxygens (including phenoxy) is 3. The van der Waals surface area contributed by atoms with E-state index >= 15 is 0 Å². The van der Waals surface area contributed by atoms with Crippen LogP contribution in [0.1, 0.15) is 74.8 Å². The number of nitrogens with zero attached hydrogens (tertiary/aromatic N) is 3. The van der Waals surface area contributed by atoms with E-state index in [-0.39, 0.29) is 86.1 Å². The van der Waals surface area contributed by atoms with Crippen molar-refractivity contribution in [2.75, 3.05) is 32.8 Å². The molecule has 4 N–H and O–H groups in total. The van der Waals surface area contributed by atoms with Gasteiger partial charge in [0.2, 0.25) is 11.5 Å². The number of carboxylic acids is 2. The number of rotatable bonds is 12. The second kappa shape index (κ2) is 13.3. The Kier molecular flexibility index (Phi) is 9.80. The van der Waals surface area contributed by atoms with Crippen LogP contribution in [0.15, 0.2) is 18.2 Å². The Bertz CT molecular complexity index is 1450. The number of carboxylic acid groups (broad SMARTS) is 2. The standard InChI is InChI=1S/C30H38N4O10/c1-4-42-29(41)34-14-12-33(13-15-34)27(38)19(7-9-22(35)36)24-23(26(31)37)25(44-30(28(39)40)10-5-11-30)20-16-18(43-17(2)3)6-8-21(20)32-24/h6,8,16-17,19H,4-5,7,9-15H2,1-3H3,(H2,31,37)(H,35,36)(H,39,40). The first kappa shape index (κ1) is 32.3. The van der Waals surface area contributed by atoms with Crippen LogP contribution in [-0.4, -0.2) is 99.3 Å². The summed E-state index contributed by atoms with van der Waals surface area (Å²) in [4.78, 5) is 70.9. The molecule has 1 saturated carbocycles. The van der Waals surface area contributed by atoms with Crippen LogP contribution in [-0.2, 0) is 19.1 Å². The molecule has 14 nitrogen and oxygen atoms in total. The highest BCUT2D eigenvalue weighted by Gasteiger charge is 2.48. The van der Waals surface area contributed by atoms with Crippen LogP contribution >= 0.6 is 0 Å². The fourth-order valence-electron chi connectivity index (χ4n) is 5.42. The summed E-state index contributed by atoms with van der Waals surface area (Å²) in [6.45, 7) is 6.22. The Balaban J connectivity index is 1.85. The molecule has 2 aliphatic rings. The molecule has 238 valence electrons. The molecule has 2 aromatic rings. The highest BCUT2D eigenvalue weighted by Crippen LogP contribution is 2.44. The van der Waals surface area contributed by atoms with E-state index < -0.39 is 47.8 Å². The number of pyridine rings is 1. The third-order valence-corrected chi connectivity index (χ3v) is 7.80. The molecule has 2 fully saturated rings. The lowest BCUT2D eigenvalue weighted by Gasteiger charge is -2.39. The first-order valence-corrected chi connectivity index (χ1v) is 14.7. The van der Waals surface area contributed by atoms with Gasteiger partial charge in [-0.05, 0) is 64.7 Å². The van der Waals surface area contributed by atoms with Crippen LogP contribution in [0.2, 0.25) is 0 Å². The number of nitrogens with two attached hydrogens (primary N) is 1. The average molecular weight is 615 g/mol. The highest BCUT2D eigenvalue weighted by atomic mass is 16.6. The van der Waals surface area contributed by atoms with Gasteiger partial charge in [-0.2, -0.15) is 0 Å². The quantitative estimate of drug-likeness (QED) is 0.318. The number of carbonyl (C=O) groups excluding carboxylic acids is 3. The second-order valence-corrected chi connectivity index (χ2v) is 11.2. The zero-order valence-electron chi connectivity index (χ0n) is 25.0. The van der Waals surface area contributed by atoms with Crippen molar-refractivity contribution < 1.29 is 48.4 Å². The van der Waals surface area contributed by atoms with Gasteiger partial charge in [-0.25, -0.2) is 9.59 Å². The zero-order chi connectivity index (χ0) is 32.2. The van der Waals surface area contributed by atoms with E-state index in [0.717, 1.165) is 0 Å². The molecule has 0 bridgehead atoms. The van der Waals surface area contributed by atoms with Gasteiger partial charge in [0.15, 0.2) is 0 Å². The van der Waals surface area contributed by atoms with Crippen molar-refractivity contribution in [3.8, 4) is 11.5 Å². The minimum absolute atomic E-state index is 0.100. The maximum Gasteiger partial charge on any atom is 0.409 e. The summed E-state index contributed by atoms with van der Waals surface area (Å²) in [5, 5.41) is 19.8. The number of carbonyl (C=O) groups is 5. The van der Waals surface area contributed by atoms with Crippen molar-refractivity contribution in [2.24, 2.45) is 5.73 Å². The number of aromatic nitrogens is 1. The molecular formula is C30H38N4O10. The number of amides is 3. The Morgan fingerprint density at radius 3 is 2.23 bits per heavy atom. The monoisotopic (exact) mass is 614 g/mol. The third-order valence-electron chi connectivity index (χ3n) is 7.80. The molecule has 4 rings (SSSR count). The van der Waals surface area contributed by atoms with Crippen molar-refractivity contribution in [1.29, 1.82) is 0 Å². The highest BCUT2D eigenvalue weighted by molar-refractivity contribution is 6.05. The lowest BCUT2D eigenvalue weighted by molar-refractivity contribution is -0.163. The predicted octanol–water partition coefficient (Wildman–Crippen LogP) is 2.76. The van der Waals surface area contributed by atoms with Gasteiger partial charge in [0.1, 0.15) is 17.1 Å². The molecule has 0 radical (unpaired) electrons. The summed E-state index contributed by atoms with van der Waals surface area (Å²) in [7, 11) is 0. The van der Waals surface area contributed by atoms with Crippen LogP contribution in [0.5, 0.6) is 11.5 Å². The van der Waals surface area contributed by atoms with Crippen molar-refractivity contribution in [1.82, 2.24) is 14.8 Å². The lowest BCUT2D eigenvalue weighted by Crippen LogP contribution is -2.52. The Labute approximate surface area is 254 Å². The first-order valence-electron chi connectivity index (χ1n) is 14.7. The summed E-state index contributed by atoms with van der Waals surface area (Å²) in [5.41, 5.74) is 4.16. The molecule has 2 heterocycles. The van der Waals surface area contributed by atoms with E-state index in [1.165, 1.54) is 9.80 Å². The molecule has 44 heavy (non-hydrogen) atoms. The lowest BCUT2D eigenvalue weighted by atomic mass is 9.80. The Hall–Kier alpha value is -4.62. The molecule has 1 atom stereocenters. The number of piperazine rings is 1. The molecule has 1 aromatic carbocycles. The van der Waals surface area contributed by atoms with Crippen LogP contribution in [0.25, 0.3) is 10.9 Å². The Morgan fingerprint density at radius 1 is 1.05 bits per heavy atom. The van der Waals surface area contributed by atoms with Gasteiger partial charge in [-0.1, -0.05) is 0 Å². The summed E-state index contributed by atoms with van der Waals surface area (Å²) in [6, 6.07) is 4.82. The topological polar surface area (TPSA) is 199 Å². The summed E-state index contributed by atoms with van der Waals surface area (Å²) >= 11 is 0. The molecule has 1 aliphatic carbocycles. The molecule has 1 saturated heterocycles. The van der Waals surface area contributed by atoms with E-state index in [1.807, 2.05) is 13.8 Å². The second-order valence-electron chi connectivity index (χ2n) is 11.2. The van der Waals surface area contributed by atoms with E-state index in [9.17, 15) is 34.2 Å². The summed E-state index contributed by atoms with van der Waals surface area (Å²) < 4.78 is 17.0. The van der Waals surface area contributed by atoms with Gasteiger partial charge in [0, 0.05) is 38.0 Å². The minimum Gasteiger partial charge on any atom is -0.491 e. The SMILES string of the molecule is CCOC(=O)N1CCN(C(=O)C(CCC(=O)O)c2nc3ccc(OC(C)C)cc3c(OC3(C(=O)O)CCC3)c2C(N)=O)CC1. The molecule has 1 unspecified atom stereocenters. The van der Waals surface area contributed by atoms with Gasteiger partial charge >= 0.3 is 18.0 Å². The fourth-order valence-corrected chi connectivity index (χ4v) is 5.42. The van der Waals surface area contributed by atoms with Crippen LogP contribution in [0.4, 0.5) is 4.79 Å². The van der Waals surface area contributed by atoms with Crippen LogP contribution in [0, 0.1) is 0 Å². The number of aliphatic carboxylic acids is 2. The molecular weight excluding hydrogens is 576 g/mol. The zero-order valence-corrected chi connectivity index (χ0v) is 25.0. The van der Waals surface area contributed by atoms with Crippen molar-refractivity contribution in [3.63, 3.8) is 0 Å². The number of hydrogen-bond donors (Lipinski definition) is 3. The fraction of sp³-hybridized carbons (Fsp3) is 0.533. The van der Waals surface area contributed by atoms with Crippen molar-refractivity contribution in [2.45, 2.75) is 70.5 Å². The normalized spacial score (nSPS) is 16.6. The average Bonchev–Trinajstić information content (AvgIpc) is 2.94. The van der Waals surface area contributed by atoms with Gasteiger partial charge < -0.3 is 40.0 Å². The van der Waals surface area contributed by atoms with Crippen molar-refractivity contribution >= 4 is 40.7 Å². The molecule has 0 spiro atoms. The smallest absolute Gasteiger partial charge is 0.409 e. The van der Waals surface area contributed by atoms with Crippen LogP contribution in [0.3, 0.4) is 0 Å². The van der Waals surface area contributed by atoms with Crippen LogP contribution < -0.4 is 15.2 Å². The van der Waals surface area contributed by atoms with Gasteiger partial charge in [-0.3, -0.25) is 19.4 Å². The van der Waals surface area contributed by atoms with E-state index in [1.54, 1.807) is 25.1 Å². The molecule has 3 amide bonds. The van der Waals surface area contributed by atoms with Crippen molar-refractivity contribution in [3.05, 3.63) is 29.5 Å². The van der Waals surface area contributed by atoms with Gasteiger partial charge in [0.05, 0.1) is 29.8 Å². The minimum atomic E-state index is -1.62. The largest absolute Gasteiger partial charge is 0.491 e. The van der Waals surface area contributed by atoms with E-state index in [4.69, 9.17) is 19.9 Å². The number of benzene rings is 1. The maximum atomic E-state index is 14.0. The van der Waals surface area contributed by atoms with Gasteiger partial charge in [-0.15, -0.1) is 0 Å². The molecule has 1 aliphatic heterocycles. The molecule has 14 heteroatoms. The van der Waals surface area contributed by atoms with Gasteiger partial charge in [0.25, 0.3) is 5.91 Å². The van der Waals surface area contributed by atoms with E-state index in [0.29, 0.717) is 12.2 Å². The maximum absolute atomic E-state index is 14.0. The number of primary amides is 1. The predicted molar refractivity (Wildman–Crippen MR) is 156 cm³/mol. The summed E-state index contributed by atoms with van der Waals surface area (Å²) in [6.07, 6.45) is -0.370. The Morgan fingerprint density at radius 2 is 1.70 bits per heavy atom. The third kappa shape index (κ3) is 6.79. The molecule has 1 aromatic heterocycles. The summed E-state index contributed by atoms with van der Waals surface area (Å²) in [5.74, 6) is -4.86. The number of fused-ring (bicyclic) bond motifs is 1. The number of hydrogen-bond acceptors (Lipinski definition) is 9. The van der Waals surface area contributed by atoms with E-state index in [2.05, 4.69) is 4.98 Å². The first-order chi connectivity index (χ1) is 20.9.